The third-order valence-electron chi connectivity index (χ3n) is 4.51. The molecule has 2 aromatic rings. The van der Waals surface area contributed by atoms with Gasteiger partial charge >= 0.3 is 0 Å². The summed E-state index contributed by atoms with van der Waals surface area (Å²) in [5.74, 6) is 0.188. The SMILES string of the molecule is CCCCCCc1ccc2scc(CCNC(=O)CCCC)c2c1. The molecule has 0 saturated heterocycles. The predicted octanol–water partition coefficient (Wildman–Crippen LogP) is 5.87. The van der Waals surface area contributed by atoms with E-state index in [9.17, 15) is 4.79 Å². The highest BCUT2D eigenvalue weighted by molar-refractivity contribution is 7.17. The molecule has 0 unspecified atom stereocenters. The summed E-state index contributed by atoms with van der Waals surface area (Å²) in [5, 5.41) is 6.69. The van der Waals surface area contributed by atoms with E-state index in [0.29, 0.717) is 6.42 Å². The lowest BCUT2D eigenvalue weighted by atomic mass is 10.0. The molecule has 0 aliphatic carbocycles. The zero-order valence-electron chi connectivity index (χ0n) is 15.2. The van der Waals surface area contributed by atoms with Gasteiger partial charge in [-0.05, 0) is 53.6 Å². The minimum absolute atomic E-state index is 0.188. The Hall–Kier alpha value is -1.35. The van der Waals surface area contributed by atoms with Crippen molar-refractivity contribution in [2.75, 3.05) is 6.54 Å². The molecular formula is C21H31NOS. The Bertz CT molecular complexity index is 632. The number of carbonyl (C=O) groups is 1. The van der Waals surface area contributed by atoms with Gasteiger partial charge in [-0.2, -0.15) is 0 Å². The van der Waals surface area contributed by atoms with Gasteiger partial charge in [-0.15, -0.1) is 11.3 Å². The van der Waals surface area contributed by atoms with E-state index in [1.165, 1.54) is 53.3 Å². The van der Waals surface area contributed by atoms with Crippen molar-refractivity contribution < 1.29 is 4.79 Å². The Morgan fingerprint density at radius 3 is 2.67 bits per heavy atom. The number of amides is 1. The van der Waals surface area contributed by atoms with Gasteiger partial charge in [-0.25, -0.2) is 0 Å². The highest BCUT2D eigenvalue weighted by Crippen LogP contribution is 2.28. The number of fused-ring (bicyclic) bond motifs is 1. The number of aryl methyl sites for hydroxylation is 1. The quantitative estimate of drug-likeness (QED) is 0.507. The summed E-state index contributed by atoms with van der Waals surface area (Å²) in [4.78, 5) is 11.7. The van der Waals surface area contributed by atoms with Crippen LogP contribution in [0.1, 0.15) is 69.9 Å². The minimum Gasteiger partial charge on any atom is -0.356 e. The highest BCUT2D eigenvalue weighted by Gasteiger charge is 2.06. The number of thiophene rings is 1. The summed E-state index contributed by atoms with van der Waals surface area (Å²) in [6.07, 6.45) is 10.1. The number of rotatable bonds is 11. The van der Waals surface area contributed by atoms with Gasteiger partial charge in [-0.1, -0.05) is 51.7 Å². The molecule has 0 radical (unpaired) electrons. The summed E-state index contributed by atoms with van der Waals surface area (Å²) in [6, 6.07) is 6.91. The fourth-order valence-electron chi connectivity index (χ4n) is 3.00. The summed E-state index contributed by atoms with van der Waals surface area (Å²) >= 11 is 1.81. The number of nitrogens with one attached hydrogen (secondary N) is 1. The number of hydrogen-bond donors (Lipinski definition) is 1. The van der Waals surface area contributed by atoms with Crippen LogP contribution in [0.4, 0.5) is 0 Å². The van der Waals surface area contributed by atoms with Gasteiger partial charge < -0.3 is 5.32 Å². The number of benzene rings is 1. The molecule has 1 aromatic heterocycles. The Balaban J connectivity index is 1.89. The third kappa shape index (κ3) is 5.94. The van der Waals surface area contributed by atoms with Gasteiger partial charge in [0.15, 0.2) is 0 Å². The minimum atomic E-state index is 0.188. The molecule has 0 atom stereocenters. The topological polar surface area (TPSA) is 29.1 Å². The first-order valence-electron chi connectivity index (χ1n) is 9.50. The lowest BCUT2D eigenvalue weighted by molar-refractivity contribution is -0.121. The van der Waals surface area contributed by atoms with Gasteiger partial charge in [0.1, 0.15) is 0 Å². The van der Waals surface area contributed by atoms with Crippen molar-refractivity contribution in [3.05, 3.63) is 34.7 Å². The average molecular weight is 346 g/mol. The largest absolute Gasteiger partial charge is 0.356 e. The first-order chi connectivity index (χ1) is 11.7. The maximum Gasteiger partial charge on any atom is 0.220 e. The van der Waals surface area contributed by atoms with Crippen molar-refractivity contribution in [3.63, 3.8) is 0 Å². The molecule has 1 N–H and O–H groups in total. The van der Waals surface area contributed by atoms with E-state index in [2.05, 4.69) is 42.7 Å². The van der Waals surface area contributed by atoms with Crippen molar-refractivity contribution in [2.45, 2.75) is 71.6 Å². The van der Waals surface area contributed by atoms with Gasteiger partial charge in [0.25, 0.3) is 0 Å². The average Bonchev–Trinajstić information content (AvgIpc) is 2.99. The molecule has 0 aliphatic heterocycles. The summed E-state index contributed by atoms with van der Waals surface area (Å²) in [6.45, 7) is 5.12. The monoisotopic (exact) mass is 345 g/mol. The molecule has 2 rings (SSSR count). The van der Waals surface area contributed by atoms with Crippen LogP contribution in [-0.2, 0) is 17.6 Å². The Morgan fingerprint density at radius 1 is 1.04 bits per heavy atom. The zero-order valence-corrected chi connectivity index (χ0v) is 16.0. The second-order valence-electron chi connectivity index (χ2n) is 6.61. The molecule has 1 heterocycles. The summed E-state index contributed by atoms with van der Waals surface area (Å²) in [5.41, 5.74) is 2.83. The van der Waals surface area contributed by atoms with E-state index >= 15 is 0 Å². The van der Waals surface area contributed by atoms with Crippen molar-refractivity contribution >= 4 is 27.3 Å². The molecule has 0 spiro atoms. The zero-order chi connectivity index (χ0) is 17.2. The van der Waals surface area contributed by atoms with E-state index in [-0.39, 0.29) is 5.91 Å². The molecule has 0 bridgehead atoms. The molecule has 1 amide bonds. The first-order valence-corrected chi connectivity index (χ1v) is 10.4. The standard InChI is InChI=1S/C21H31NOS/c1-3-5-7-8-9-17-11-12-20-19(15-17)18(16-24-20)13-14-22-21(23)10-6-4-2/h11-12,15-16H,3-10,13-14H2,1-2H3,(H,22,23). The highest BCUT2D eigenvalue weighted by atomic mass is 32.1. The second kappa shape index (κ2) is 10.5. The maximum absolute atomic E-state index is 11.7. The molecule has 0 saturated carbocycles. The Morgan fingerprint density at radius 2 is 1.88 bits per heavy atom. The maximum atomic E-state index is 11.7. The van der Waals surface area contributed by atoms with Crippen LogP contribution in [0.3, 0.4) is 0 Å². The molecule has 1 aromatic carbocycles. The molecular weight excluding hydrogens is 314 g/mol. The van der Waals surface area contributed by atoms with E-state index in [4.69, 9.17) is 0 Å². The van der Waals surface area contributed by atoms with Crippen LogP contribution in [0.25, 0.3) is 10.1 Å². The van der Waals surface area contributed by atoms with Crippen molar-refractivity contribution in [3.8, 4) is 0 Å². The van der Waals surface area contributed by atoms with Crippen LogP contribution in [0.15, 0.2) is 23.6 Å². The van der Waals surface area contributed by atoms with Gasteiger partial charge in [0.05, 0.1) is 0 Å². The lowest BCUT2D eigenvalue weighted by Crippen LogP contribution is -2.25. The third-order valence-corrected chi connectivity index (χ3v) is 5.52. The first kappa shape index (κ1) is 19.0. The molecule has 2 nitrogen and oxygen atoms in total. The van der Waals surface area contributed by atoms with E-state index < -0.39 is 0 Å². The lowest BCUT2D eigenvalue weighted by Gasteiger charge is -2.06. The van der Waals surface area contributed by atoms with Gasteiger partial charge in [0.2, 0.25) is 5.91 Å². The number of hydrogen-bond acceptors (Lipinski definition) is 2. The molecule has 0 aliphatic rings. The van der Waals surface area contributed by atoms with Gasteiger partial charge in [-0.3, -0.25) is 4.79 Å². The molecule has 132 valence electrons. The summed E-state index contributed by atoms with van der Waals surface area (Å²) < 4.78 is 1.36. The molecule has 3 heteroatoms. The van der Waals surface area contributed by atoms with Crippen molar-refractivity contribution in [2.24, 2.45) is 0 Å². The van der Waals surface area contributed by atoms with Crippen LogP contribution >= 0.6 is 11.3 Å². The van der Waals surface area contributed by atoms with Crippen LogP contribution < -0.4 is 5.32 Å². The van der Waals surface area contributed by atoms with E-state index in [1.807, 2.05) is 11.3 Å². The fourth-order valence-corrected chi connectivity index (χ4v) is 3.97. The van der Waals surface area contributed by atoms with E-state index in [0.717, 1.165) is 25.8 Å². The number of carbonyl (C=O) groups excluding carboxylic acids is 1. The molecule has 24 heavy (non-hydrogen) atoms. The van der Waals surface area contributed by atoms with Crippen molar-refractivity contribution in [1.82, 2.24) is 5.32 Å². The van der Waals surface area contributed by atoms with Crippen LogP contribution in [-0.4, -0.2) is 12.5 Å². The van der Waals surface area contributed by atoms with Gasteiger partial charge in [0, 0.05) is 17.7 Å². The van der Waals surface area contributed by atoms with Crippen LogP contribution in [0.5, 0.6) is 0 Å². The number of unbranched alkanes of at least 4 members (excludes halogenated alkanes) is 4. The predicted molar refractivity (Wildman–Crippen MR) is 106 cm³/mol. The van der Waals surface area contributed by atoms with E-state index in [1.54, 1.807) is 0 Å². The smallest absolute Gasteiger partial charge is 0.220 e. The van der Waals surface area contributed by atoms with Crippen molar-refractivity contribution in [1.29, 1.82) is 0 Å². The fraction of sp³-hybridized carbons (Fsp3) is 0.571. The normalized spacial score (nSPS) is 11.1. The molecule has 0 fully saturated rings. The Kier molecular flexibility index (Phi) is 8.31. The van der Waals surface area contributed by atoms with Crippen LogP contribution in [0, 0.1) is 0 Å². The van der Waals surface area contributed by atoms with Crippen LogP contribution in [0.2, 0.25) is 0 Å². The second-order valence-corrected chi connectivity index (χ2v) is 7.52. The Labute approximate surface area is 150 Å². The summed E-state index contributed by atoms with van der Waals surface area (Å²) in [7, 11) is 0.